The Morgan fingerprint density at radius 3 is 2.45 bits per heavy atom. The van der Waals surface area contributed by atoms with Gasteiger partial charge in [0.05, 0.1) is 12.1 Å². The number of benzene rings is 2. The van der Waals surface area contributed by atoms with Crippen molar-refractivity contribution >= 4 is 27.6 Å². The average molecular weight is 483 g/mol. The number of aliphatic carboxylic acids is 1. The van der Waals surface area contributed by atoms with Gasteiger partial charge >= 0.3 is 5.97 Å². The van der Waals surface area contributed by atoms with Gasteiger partial charge in [-0.15, -0.1) is 0 Å². The lowest BCUT2D eigenvalue weighted by Gasteiger charge is -2.21. The number of carboxylic acid groups (broad SMARTS) is 1. The van der Waals surface area contributed by atoms with Crippen LogP contribution in [0.25, 0.3) is 0 Å². The van der Waals surface area contributed by atoms with Crippen molar-refractivity contribution in [3.63, 3.8) is 0 Å². The maximum absolute atomic E-state index is 12.1. The summed E-state index contributed by atoms with van der Waals surface area (Å²) in [5.41, 5.74) is 4.00. The van der Waals surface area contributed by atoms with E-state index in [9.17, 15) is 14.8 Å². The molecule has 1 atom stereocenters. The van der Waals surface area contributed by atoms with Gasteiger partial charge in [0, 0.05) is 41.2 Å². The lowest BCUT2D eigenvalue weighted by atomic mass is 9.83. The van der Waals surface area contributed by atoms with E-state index in [4.69, 9.17) is 5.11 Å². The SMILES string of the molecule is Cc1ccccc1C(C/C(=N\O)c1ccc(=O)n(CCC(=O)O)c1)c1ccc(Br)cc1. The van der Waals surface area contributed by atoms with Gasteiger partial charge in [-0.2, -0.15) is 0 Å². The molecule has 7 heteroatoms. The topological polar surface area (TPSA) is 91.9 Å². The highest BCUT2D eigenvalue weighted by atomic mass is 79.9. The second-order valence-electron chi connectivity index (χ2n) is 7.30. The molecule has 2 N–H and O–H groups in total. The Morgan fingerprint density at radius 2 is 1.81 bits per heavy atom. The van der Waals surface area contributed by atoms with Crippen LogP contribution in [0.3, 0.4) is 0 Å². The summed E-state index contributed by atoms with van der Waals surface area (Å²) < 4.78 is 2.30. The minimum absolute atomic E-state index is 0.0502. The highest BCUT2D eigenvalue weighted by Crippen LogP contribution is 2.32. The lowest BCUT2D eigenvalue weighted by molar-refractivity contribution is -0.137. The van der Waals surface area contributed by atoms with E-state index in [1.807, 2.05) is 49.4 Å². The number of pyridine rings is 1. The number of carboxylic acids is 1. The van der Waals surface area contributed by atoms with Crippen LogP contribution in [0.5, 0.6) is 0 Å². The third kappa shape index (κ3) is 5.70. The van der Waals surface area contributed by atoms with Gasteiger partial charge < -0.3 is 14.9 Å². The summed E-state index contributed by atoms with van der Waals surface area (Å²) in [5.74, 6) is -1.05. The summed E-state index contributed by atoms with van der Waals surface area (Å²) in [4.78, 5) is 23.0. The molecule has 0 aliphatic carbocycles. The molecule has 0 aliphatic rings. The first-order valence-electron chi connectivity index (χ1n) is 9.83. The van der Waals surface area contributed by atoms with Gasteiger partial charge in [-0.05, 0) is 41.8 Å². The Hall–Kier alpha value is -3.19. The van der Waals surface area contributed by atoms with E-state index in [2.05, 4.69) is 27.2 Å². The first-order valence-corrected chi connectivity index (χ1v) is 10.6. The fourth-order valence-corrected chi connectivity index (χ4v) is 3.85. The monoisotopic (exact) mass is 482 g/mol. The standard InChI is InChI=1S/C24H23BrN2O4/c1-16-4-2-3-5-20(16)21(17-6-9-19(25)10-7-17)14-22(26-31)18-8-11-23(28)27(15-18)13-12-24(29)30/h2-11,15,21,31H,12-14H2,1H3,(H,29,30)/b26-22+. The highest BCUT2D eigenvalue weighted by molar-refractivity contribution is 9.10. The molecule has 1 heterocycles. The fourth-order valence-electron chi connectivity index (χ4n) is 3.58. The zero-order valence-corrected chi connectivity index (χ0v) is 18.6. The Bertz CT molecular complexity index is 1150. The normalized spacial score (nSPS) is 12.5. The molecule has 0 saturated heterocycles. The van der Waals surface area contributed by atoms with Crippen LogP contribution < -0.4 is 5.56 Å². The van der Waals surface area contributed by atoms with Crippen LogP contribution >= 0.6 is 15.9 Å². The van der Waals surface area contributed by atoms with Crippen LogP contribution in [0.1, 0.15) is 41.0 Å². The van der Waals surface area contributed by atoms with E-state index in [1.54, 1.807) is 12.3 Å². The minimum Gasteiger partial charge on any atom is -0.481 e. The summed E-state index contributed by atoms with van der Waals surface area (Å²) in [6.45, 7) is 2.09. The Labute approximate surface area is 188 Å². The number of aromatic nitrogens is 1. The highest BCUT2D eigenvalue weighted by Gasteiger charge is 2.20. The first-order chi connectivity index (χ1) is 14.9. The van der Waals surface area contributed by atoms with Gasteiger partial charge in [0.25, 0.3) is 5.56 Å². The van der Waals surface area contributed by atoms with Gasteiger partial charge in [0.2, 0.25) is 0 Å². The molecule has 2 aromatic carbocycles. The number of carbonyl (C=O) groups is 1. The van der Waals surface area contributed by atoms with Crippen molar-refractivity contribution in [3.8, 4) is 0 Å². The van der Waals surface area contributed by atoms with E-state index < -0.39 is 5.97 Å². The molecule has 0 fully saturated rings. The smallest absolute Gasteiger partial charge is 0.305 e. The van der Waals surface area contributed by atoms with Crippen molar-refractivity contribution < 1.29 is 15.1 Å². The van der Waals surface area contributed by atoms with Crippen LogP contribution in [-0.4, -0.2) is 26.6 Å². The molecule has 0 radical (unpaired) electrons. The molecule has 0 aliphatic heterocycles. The molecule has 6 nitrogen and oxygen atoms in total. The first kappa shape index (κ1) is 22.5. The Balaban J connectivity index is 1.99. The number of hydrogen-bond acceptors (Lipinski definition) is 4. The second-order valence-corrected chi connectivity index (χ2v) is 8.22. The summed E-state index contributed by atoms with van der Waals surface area (Å²) in [6.07, 6.45) is 1.79. The number of aryl methyl sites for hydroxylation is 2. The fraction of sp³-hybridized carbons (Fsp3) is 0.208. The van der Waals surface area contributed by atoms with Gasteiger partial charge in [-0.3, -0.25) is 9.59 Å². The number of nitrogens with zero attached hydrogens (tertiary/aromatic N) is 2. The van der Waals surface area contributed by atoms with E-state index in [0.29, 0.717) is 17.7 Å². The largest absolute Gasteiger partial charge is 0.481 e. The number of hydrogen-bond donors (Lipinski definition) is 2. The van der Waals surface area contributed by atoms with Gasteiger partial charge in [0.1, 0.15) is 0 Å². The average Bonchev–Trinajstić information content (AvgIpc) is 2.76. The van der Waals surface area contributed by atoms with Crippen molar-refractivity contribution in [2.24, 2.45) is 5.16 Å². The predicted molar refractivity (Wildman–Crippen MR) is 123 cm³/mol. The molecule has 160 valence electrons. The summed E-state index contributed by atoms with van der Waals surface area (Å²) in [6, 6.07) is 19.1. The minimum atomic E-state index is -0.983. The second kappa shape index (κ2) is 10.2. The molecule has 3 rings (SSSR count). The van der Waals surface area contributed by atoms with Crippen molar-refractivity contribution in [3.05, 3.63) is 104 Å². The van der Waals surface area contributed by atoms with Crippen LogP contribution in [0.4, 0.5) is 0 Å². The van der Waals surface area contributed by atoms with Crippen molar-refractivity contribution in [1.29, 1.82) is 0 Å². The summed E-state index contributed by atoms with van der Waals surface area (Å²) in [7, 11) is 0. The molecule has 1 aromatic heterocycles. The van der Waals surface area contributed by atoms with Crippen LogP contribution in [-0.2, 0) is 11.3 Å². The predicted octanol–water partition coefficient (Wildman–Crippen LogP) is 4.79. The van der Waals surface area contributed by atoms with Crippen molar-refractivity contribution in [2.45, 2.75) is 32.2 Å². The maximum Gasteiger partial charge on any atom is 0.305 e. The van der Waals surface area contributed by atoms with E-state index in [0.717, 1.165) is 21.2 Å². The molecule has 1 unspecified atom stereocenters. The van der Waals surface area contributed by atoms with Crippen molar-refractivity contribution in [1.82, 2.24) is 4.57 Å². The maximum atomic E-state index is 12.1. The van der Waals surface area contributed by atoms with E-state index >= 15 is 0 Å². The zero-order chi connectivity index (χ0) is 22.4. The quantitative estimate of drug-likeness (QED) is 0.274. The molecule has 3 aromatic rings. The van der Waals surface area contributed by atoms with Gasteiger partial charge in [-0.25, -0.2) is 0 Å². The lowest BCUT2D eigenvalue weighted by Crippen LogP contribution is -2.22. The third-order valence-corrected chi connectivity index (χ3v) is 5.77. The Morgan fingerprint density at radius 1 is 1.10 bits per heavy atom. The molecular weight excluding hydrogens is 460 g/mol. The summed E-state index contributed by atoms with van der Waals surface area (Å²) in [5, 5.41) is 22.3. The molecule has 0 bridgehead atoms. The number of oxime groups is 1. The van der Waals surface area contributed by atoms with Gasteiger partial charge in [-0.1, -0.05) is 57.5 Å². The summed E-state index contributed by atoms with van der Waals surface area (Å²) >= 11 is 3.47. The van der Waals surface area contributed by atoms with E-state index in [1.165, 1.54) is 10.6 Å². The zero-order valence-electron chi connectivity index (χ0n) is 17.0. The van der Waals surface area contributed by atoms with Crippen LogP contribution in [0.2, 0.25) is 0 Å². The van der Waals surface area contributed by atoms with Crippen molar-refractivity contribution in [2.75, 3.05) is 0 Å². The molecule has 0 amide bonds. The van der Waals surface area contributed by atoms with Crippen LogP contribution in [0.15, 0.2) is 81.3 Å². The van der Waals surface area contributed by atoms with Crippen LogP contribution in [0, 0.1) is 6.92 Å². The molecule has 0 saturated carbocycles. The number of rotatable bonds is 8. The molecule has 31 heavy (non-hydrogen) atoms. The molecule has 0 spiro atoms. The van der Waals surface area contributed by atoms with Gasteiger partial charge in [0.15, 0.2) is 0 Å². The third-order valence-electron chi connectivity index (χ3n) is 5.24. The Kier molecular flexibility index (Phi) is 7.41. The van der Waals surface area contributed by atoms with E-state index in [-0.39, 0.29) is 24.4 Å². The molecular formula is C24H23BrN2O4. The number of halogens is 1.